The van der Waals surface area contributed by atoms with E-state index in [9.17, 15) is 9.18 Å². The van der Waals surface area contributed by atoms with Crippen molar-refractivity contribution < 1.29 is 13.5 Å². The first kappa shape index (κ1) is 25.0. The minimum Gasteiger partial charge on any atom is -0.382 e. The van der Waals surface area contributed by atoms with Gasteiger partial charge < -0.3 is 20.4 Å². The Bertz CT molecular complexity index is 1540. The zero-order valence-corrected chi connectivity index (χ0v) is 21.1. The predicted octanol–water partition coefficient (Wildman–Crippen LogP) is 4.78. The van der Waals surface area contributed by atoms with Gasteiger partial charge in [-0.25, -0.2) is 18.7 Å². The monoisotopic (exact) mass is 505 g/mol. The van der Waals surface area contributed by atoms with E-state index in [-0.39, 0.29) is 33.5 Å². The maximum atomic E-state index is 15.2. The van der Waals surface area contributed by atoms with Crippen molar-refractivity contribution >= 4 is 16.6 Å². The molecule has 1 saturated heterocycles. The van der Waals surface area contributed by atoms with Crippen LogP contribution in [0, 0.1) is 18.6 Å². The summed E-state index contributed by atoms with van der Waals surface area (Å²) in [4.78, 5) is 25.7. The van der Waals surface area contributed by atoms with Crippen LogP contribution in [0.5, 0.6) is 0 Å². The van der Waals surface area contributed by atoms with Crippen LogP contribution in [-0.2, 0) is 11.3 Å². The summed E-state index contributed by atoms with van der Waals surface area (Å²) in [5.41, 5.74) is 9.50. The third-order valence-corrected chi connectivity index (χ3v) is 6.86. The van der Waals surface area contributed by atoms with Crippen molar-refractivity contribution in [2.24, 2.45) is 0 Å². The zero-order chi connectivity index (χ0) is 26.3. The van der Waals surface area contributed by atoms with Gasteiger partial charge in [-0.1, -0.05) is 12.1 Å². The molecule has 0 unspecified atom stereocenters. The normalized spacial score (nSPS) is 14.5. The number of hydrogen-bond acceptors (Lipinski definition) is 6. The molecule has 0 bridgehead atoms. The first-order valence-corrected chi connectivity index (χ1v) is 12.2. The molecular weight excluding hydrogens is 476 g/mol. The van der Waals surface area contributed by atoms with Crippen molar-refractivity contribution in [2.45, 2.75) is 32.2 Å². The SMILES string of the molecule is Cc1[nH]c(=O)c2cc(F)c(-c3nc(-c4ccc(C5CCOCC5)c(CN(C)C)c4)cnc3N)cc2c1F. The number of nitrogens with zero attached hydrogens (tertiary/aromatic N) is 3. The summed E-state index contributed by atoms with van der Waals surface area (Å²) in [6.07, 6.45) is 3.51. The number of aromatic amines is 1. The van der Waals surface area contributed by atoms with Gasteiger partial charge in [0.05, 0.1) is 23.0 Å². The summed E-state index contributed by atoms with van der Waals surface area (Å²) in [5.74, 6) is -0.923. The van der Waals surface area contributed by atoms with Gasteiger partial charge in [0, 0.05) is 36.3 Å². The van der Waals surface area contributed by atoms with Gasteiger partial charge in [-0.2, -0.15) is 0 Å². The summed E-state index contributed by atoms with van der Waals surface area (Å²) in [7, 11) is 4.05. The second-order valence-electron chi connectivity index (χ2n) is 9.80. The second-order valence-corrected chi connectivity index (χ2v) is 9.80. The number of rotatable bonds is 5. The fraction of sp³-hybridized carbons (Fsp3) is 0.321. The van der Waals surface area contributed by atoms with Crippen molar-refractivity contribution in [3.8, 4) is 22.5 Å². The lowest BCUT2D eigenvalue weighted by molar-refractivity contribution is 0.0850. The van der Waals surface area contributed by atoms with E-state index in [2.05, 4.69) is 32.0 Å². The molecule has 0 saturated carbocycles. The molecule has 0 amide bonds. The van der Waals surface area contributed by atoms with Crippen molar-refractivity contribution in [2.75, 3.05) is 33.0 Å². The molecule has 5 rings (SSSR count). The zero-order valence-electron chi connectivity index (χ0n) is 21.1. The molecule has 1 aliphatic rings. The first-order chi connectivity index (χ1) is 17.7. The Balaban J connectivity index is 1.61. The lowest BCUT2D eigenvalue weighted by atomic mass is 9.87. The molecule has 3 heterocycles. The van der Waals surface area contributed by atoms with Gasteiger partial charge in [0.1, 0.15) is 23.1 Å². The lowest BCUT2D eigenvalue weighted by Gasteiger charge is -2.26. The average molecular weight is 506 g/mol. The Morgan fingerprint density at radius 3 is 2.62 bits per heavy atom. The van der Waals surface area contributed by atoms with Gasteiger partial charge in [-0.05, 0) is 69.1 Å². The van der Waals surface area contributed by atoms with Gasteiger partial charge >= 0.3 is 0 Å². The van der Waals surface area contributed by atoms with Gasteiger partial charge in [-0.15, -0.1) is 0 Å². The maximum absolute atomic E-state index is 15.2. The van der Waals surface area contributed by atoms with E-state index < -0.39 is 17.2 Å². The van der Waals surface area contributed by atoms with Crippen LogP contribution in [0.4, 0.5) is 14.6 Å². The lowest BCUT2D eigenvalue weighted by Crippen LogP contribution is -2.18. The predicted molar refractivity (Wildman–Crippen MR) is 140 cm³/mol. The molecule has 2 aromatic heterocycles. The molecule has 0 aliphatic carbocycles. The van der Waals surface area contributed by atoms with Crippen LogP contribution in [0.3, 0.4) is 0 Å². The number of hydrogen-bond donors (Lipinski definition) is 2. The molecule has 3 N–H and O–H groups in total. The maximum Gasteiger partial charge on any atom is 0.256 e. The van der Waals surface area contributed by atoms with Crippen molar-refractivity contribution in [3.05, 3.63) is 75.3 Å². The number of benzene rings is 2. The van der Waals surface area contributed by atoms with Crippen LogP contribution in [-0.4, -0.2) is 47.2 Å². The molecule has 2 aromatic carbocycles. The number of ether oxygens (including phenoxy) is 1. The summed E-state index contributed by atoms with van der Waals surface area (Å²) in [6, 6.07) is 8.50. The quantitative estimate of drug-likeness (QED) is 0.405. The number of pyridine rings is 1. The number of nitrogen functional groups attached to an aromatic ring is 1. The van der Waals surface area contributed by atoms with Crippen LogP contribution >= 0.6 is 0 Å². The topological polar surface area (TPSA) is 97.1 Å². The number of anilines is 1. The fourth-order valence-electron chi connectivity index (χ4n) is 5.00. The van der Waals surface area contributed by atoms with E-state index in [1.807, 2.05) is 20.2 Å². The molecule has 4 aromatic rings. The van der Waals surface area contributed by atoms with E-state index in [1.54, 1.807) is 6.20 Å². The van der Waals surface area contributed by atoms with E-state index in [0.717, 1.165) is 44.2 Å². The average Bonchev–Trinajstić information content (AvgIpc) is 2.88. The number of nitrogens with one attached hydrogen (secondary N) is 1. The number of nitrogens with two attached hydrogens (primary N) is 1. The van der Waals surface area contributed by atoms with Crippen LogP contribution < -0.4 is 11.3 Å². The number of aromatic nitrogens is 3. The first-order valence-electron chi connectivity index (χ1n) is 12.2. The fourth-order valence-corrected chi connectivity index (χ4v) is 5.00. The highest BCUT2D eigenvalue weighted by molar-refractivity contribution is 5.89. The molecular formula is C28H29F2N5O2. The summed E-state index contributed by atoms with van der Waals surface area (Å²) < 4.78 is 35.5. The Morgan fingerprint density at radius 2 is 1.89 bits per heavy atom. The third kappa shape index (κ3) is 4.84. The van der Waals surface area contributed by atoms with Gasteiger partial charge in [0.2, 0.25) is 0 Å². The number of fused-ring (bicyclic) bond motifs is 1. The minimum atomic E-state index is -0.734. The molecule has 9 heteroatoms. The summed E-state index contributed by atoms with van der Waals surface area (Å²) in [5, 5.41) is -0.0811. The number of H-pyrrole nitrogens is 1. The molecule has 1 fully saturated rings. The summed E-state index contributed by atoms with van der Waals surface area (Å²) >= 11 is 0. The van der Waals surface area contributed by atoms with Crippen LogP contribution in [0.15, 0.2) is 41.3 Å². The van der Waals surface area contributed by atoms with Crippen molar-refractivity contribution in [1.29, 1.82) is 0 Å². The standard InChI is InChI=1S/C28H29F2N5O2/c1-15-25(30)20-11-22(23(29)12-21(20)28(36)33-15)26-27(31)32-13-24(34-26)17-4-5-19(16-6-8-37-9-7-16)18(10-17)14-35(2)3/h4-5,10-13,16H,6-9,14H2,1-3H3,(H2,31,32)(H,33,36). The summed E-state index contributed by atoms with van der Waals surface area (Å²) in [6.45, 7) is 3.71. The van der Waals surface area contributed by atoms with E-state index >= 15 is 4.39 Å². The molecule has 192 valence electrons. The molecule has 1 aliphatic heterocycles. The third-order valence-electron chi connectivity index (χ3n) is 6.86. The Morgan fingerprint density at radius 1 is 1.14 bits per heavy atom. The number of halogens is 2. The van der Waals surface area contributed by atoms with Crippen LogP contribution in [0.2, 0.25) is 0 Å². The minimum absolute atomic E-state index is 0.00154. The van der Waals surface area contributed by atoms with Gasteiger partial charge in [-0.3, -0.25) is 4.79 Å². The molecule has 0 atom stereocenters. The second kappa shape index (κ2) is 9.99. The Labute approximate surface area is 213 Å². The van der Waals surface area contributed by atoms with E-state index in [1.165, 1.54) is 24.1 Å². The van der Waals surface area contributed by atoms with E-state index in [4.69, 9.17) is 10.5 Å². The van der Waals surface area contributed by atoms with Crippen LogP contribution in [0.1, 0.15) is 35.6 Å². The Hall–Kier alpha value is -3.69. The number of aryl methyl sites for hydroxylation is 1. The van der Waals surface area contributed by atoms with Crippen molar-refractivity contribution in [3.63, 3.8) is 0 Å². The Kier molecular flexibility index (Phi) is 6.74. The van der Waals surface area contributed by atoms with Crippen molar-refractivity contribution in [1.82, 2.24) is 19.9 Å². The van der Waals surface area contributed by atoms with Gasteiger partial charge in [0.25, 0.3) is 5.56 Å². The van der Waals surface area contributed by atoms with Gasteiger partial charge in [0.15, 0.2) is 0 Å². The largest absolute Gasteiger partial charge is 0.382 e. The van der Waals surface area contributed by atoms with E-state index in [0.29, 0.717) is 11.6 Å². The highest BCUT2D eigenvalue weighted by atomic mass is 19.1. The highest BCUT2D eigenvalue weighted by Gasteiger charge is 2.21. The smallest absolute Gasteiger partial charge is 0.256 e. The van der Waals surface area contributed by atoms with Crippen LogP contribution in [0.25, 0.3) is 33.3 Å². The highest BCUT2D eigenvalue weighted by Crippen LogP contribution is 2.35. The molecule has 0 spiro atoms. The molecule has 7 nitrogen and oxygen atoms in total. The molecule has 0 radical (unpaired) electrons. The molecule has 37 heavy (non-hydrogen) atoms.